The zero-order valence-electron chi connectivity index (χ0n) is 15.3. The Morgan fingerprint density at radius 2 is 2.04 bits per heavy atom. The van der Waals surface area contributed by atoms with Crippen LogP contribution in [0.5, 0.6) is 0 Å². The van der Waals surface area contributed by atoms with Gasteiger partial charge in [-0.15, -0.1) is 11.3 Å². The molecule has 1 fully saturated rings. The molecular formula is C20H23N5OS. The number of carbonyl (C=O) groups excluding carboxylic acids is 1. The summed E-state index contributed by atoms with van der Waals surface area (Å²) in [6.45, 7) is 5.41. The van der Waals surface area contributed by atoms with Crippen molar-refractivity contribution < 1.29 is 4.79 Å². The Kier molecular flexibility index (Phi) is 5.31. The predicted molar refractivity (Wildman–Crippen MR) is 107 cm³/mol. The number of benzene rings is 1. The Balaban J connectivity index is 1.36. The molecule has 1 aromatic carbocycles. The molecule has 27 heavy (non-hydrogen) atoms. The maximum absolute atomic E-state index is 12.5. The predicted octanol–water partition coefficient (Wildman–Crippen LogP) is 3.81. The lowest BCUT2D eigenvalue weighted by atomic mass is 9.99. The number of amides is 1. The lowest BCUT2D eigenvalue weighted by Crippen LogP contribution is -2.32. The van der Waals surface area contributed by atoms with Crippen molar-refractivity contribution in [3.63, 3.8) is 0 Å². The van der Waals surface area contributed by atoms with Gasteiger partial charge in [0.15, 0.2) is 5.13 Å². The van der Waals surface area contributed by atoms with Gasteiger partial charge in [-0.2, -0.15) is 5.10 Å². The number of anilines is 1. The second-order valence-electron chi connectivity index (χ2n) is 7.07. The van der Waals surface area contributed by atoms with Gasteiger partial charge in [0, 0.05) is 18.1 Å². The van der Waals surface area contributed by atoms with E-state index in [0.717, 1.165) is 36.9 Å². The minimum atomic E-state index is -0.190. The first-order chi connectivity index (χ1) is 13.2. The van der Waals surface area contributed by atoms with Gasteiger partial charge in [0.05, 0.1) is 23.1 Å². The van der Waals surface area contributed by atoms with Crippen LogP contribution in [0.3, 0.4) is 0 Å². The SMILES string of the molecule is CC1CCN(Cc2csc(NC(=O)c3cnn(-c4ccccc4)c3)n2)CC1. The maximum atomic E-state index is 12.5. The average molecular weight is 382 g/mol. The molecular weight excluding hydrogens is 358 g/mol. The molecule has 0 spiro atoms. The zero-order valence-corrected chi connectivity index (χ0v) is 16.2. The normalized spacial score (nSPS) is 15.7. The lowest BCUT2D eigenvalue weighted by Gasteiger charge is -2.29. The van der Waals surface area contributed by atoms with Crippen molar-refractivity contribution in [1.82, 2.24) is 19.7 Å². The minimum absolute atomic E-state index is 0.190. The van der Waals surface area contributed by atoms with Crippen molar-refractivity contribution in [2.24, 2.45) is 5.92 Å². The van der Waals surface area contributed by atoms with Crippen molar-refractivity contribution >= 4 is 22.4 Å². The van der Waals surface area contributed by atoms with E-state index in [1.54, 1.807) is 17.1 Å². The molecule has 4 rings (SSSR count). The first-order valence-electron chi connectivity index (χ1n) is 9.25. The Morgan fingerprint density at radius 1 is 1.26 bits per heavy atom. The number of piperidine rings is 1. The molecule has 0 radical (unpaired) electrons. The monoisotopic (exact) mass is 381 g/mol. The summed E-state index contributed by atoms with van der Waals surface area (Å²) >= 11 is 1.47. The highest BCUT2D eigenvalue weighted by molar-refractivity contribution is 7.13. The highest BCUT2D eigenvalue weighted by Crippen LogP contribution is 2.21. The number of hydrogen-bond acceptors (Lipinski definition) is 5. The van der Waals surface area contributed by atoms with Crippen molar-refractivity contribution in [2.75, 3.05) is 18.4 Å². The third-order valence-electron chi connectivity index (χ3n) is 4.90. The zero-order chi connectivity index (χ0) is 18.6. The Labute approximate surface area is 162 Å². The fourth-order valence-corrected chi connectivity index (χ4v) is 3.91. The van der Waals surface area contributed by atoms with E-state index in [0.29, 0.717) is 10.7 Å². The number of hydrogen-bond donors (Lipinski definition) is 1. The molecule has 3 aromatic rings. The fraction of sp³-hybridized carbons (Fsp3) is 0.350. The third kappa shape index (κ3) is 4.43. The van der Waals surface area contributed by atoms with E-state index in [1.807, 2.05) is 35.7 Å². The van der Waals surface area contributed by atoms with Gasteiger partial charge >= 0.3 is 0 Å². The number of nitrogens with one attached hydrogen (secondary N) is 1. The van der Waals surface area contributed by atoms with Gasteiger partial charge in [-0.05, 0) is 44.0 Å². The Bertz CT molecular complexity index is 896. The number of carbonyl (C=O) groups is 1. The van der Waals surface area contributed by atoms with Gasteiger partial charge in [0.2, 0.25) is 0 Å². The van der Waals surface area contributed by atoms with Crippen LogP contribution in [0.1, 0.15) is 35.8 Å². The van der Waals surface area contributed by atoms with Gasteiger partial charge < -0.3 is 0 Å². The van der Waals surface area contributed by atoms with E-state index >= 15 is 0 Å². The standard InChI is InChI=1S/C20H23N5OS/c1-15-7-9-24(10-8-15)13-17-14-27-20(22-17)23-19(26)16-11-21-25(12-16)18-5-3-2-4-6-18/h2-6,11-12,14-15H,7-10,13H2,1H3,(H,22,23,26). The molecule has 0 saturated carbocycles. The number of nitrogens with zero attached hydrogens (tertiary/aromatic N) is 4. The molecule has 3 heterocycles. The molecule has 2 aromatic heterocycles. The molecule has 1 amide bonds. The van der Waals surface area contributed by atoms with Crippen molar-refractivity contribution in [2.45, 2.75) is 26.3 Å². The van der Waals surface area contributed by atoms with E-state index in [9.17, 15) is 4.79 Å². The van der Waals surface area contributed by atoms with Crippen LogP contribution in [0, 0.1) is 5.92 Å². The van der Waals surface area contributed by atoms with Crippen LogP contribution in [-0.2, 0) is 6.54 Å². The molecule has 0 bridgehead atoms. The van der Waals surface area contributed by atoms with Gasteiger partial charge in [-0.1, -0.05) is 25.1 Å². The summed E-state index contributed by atoms with van der Waals surface area (Å²) in [5.74, 6) is 0.633. The van der Waals surface area contributed by atoms with Gasteiger partial charge in [0.25, 0.3) is 5.91 Å². The Morgan fingerprint density at radius 3 is 2.81 bits per heavy atom. The van der Waals surface area contributed by atoms with Crippen LogP contribution in [0.15, 0.2) is 48.1 Å². The molecule has 7 heteroatoms. The maximum Gasteiger partial charge on any atom is 0.260 e. The van der Waals surface area contributed by atoms with Gasteiger partial charge in [-0.25, -0.2) is 9.67 Å². The topological polar surface area (TPSA) is 63.1 Å². The van der Waals surface area contributed by atoms with E-state index in [-0.39, 0.29) is 5.91 Å². The van der Waals surface area contributed by atoms with Gasteiger partial charge in [0.1, 0.15) is 0 Å². The number of likely N-dealkylation sites (tertiary alicyclic amines) is 1. The fourth-order valence-electron chi connectivity index (χ4n) is 3.22. The summed E-state index contributed by atoms with van der Waals surface area (Å²) in [6, 6.07) is 9.73. The molecule has 1 aliphatic heterocycles. The second-order valence-corrected chi connectivity index (χ2v) is 7.92. The van der Waals surface area contributed by atoms with Crippen LogP contribution < -0.4 is 5.32 Å². The van der Waals surface area contributed by atoms with E-state index in [1.165, 1.54) is 24.2 Å². The van der Waals surface area contributed by atoms with Crippen molar-refractivity contribution in [1.29, 1.82) is 0 Å². The summed E-state index contributed by atoms with van der Waals surface area (Å²) in [6.07, 6.45) is 5.80. The molecule has 0 atom stereocenters. The van der Waals surface area contributed by atoms with Crippen molar-refractivity contribution in [3.8, 4) is 5.69 Å². The molecule has 6 nitrogen and oxygen atoms in total. The highest BCUT2D eigenvalue weighted by Gasteiger charge is 2.17. The lowest BCUT2D eigenvalue weighted by molar-refractivity contribution is 0.102. The van der Waals surface area contributed by atoms with Crippen LogP contribution in [0.4, 0.5) is 5.13 Å². The summed E-state index contributed by atoms with van der Waals surface area (Å²) in [5, 5.41) is 9.82. The minimum Gasteiger partial charge on any atom is -0.298 e. The molecule has 140 valence electrons. The molecule has 1 saturated heterocycles. The summed E-state index contributed by atoms with van der Waals surface area (Å²) in [5.41, 5.74) is 2.45. The second kappa shape index (κ2) is 8.02. The summed E-state index contributed by atoms with van der Waals surface area (Å²) < 4.78 is 1.69. The van der Waals surface area contributed by atoms with E-state index in [2.05, 4.69) is 27.2 Å². The third-order valence-corrected chi connectivity index (χ3v) is 5.71. The molecule has 0 unspecified atom stereocenters. The summed E-state index contributed by atoms with van der Waals surface area (Å²) in [4.78, 5) is 19.5. The quantitative estimate of drug-likeness (QED) is 0.730. The smallest absolute Gasteiger partial charge is 0.260 e. The molecule has 0 aliphatic carbocycles. The Hall–Kier alpha value is -2.51. The molecule has 1 N–H and O–H groups in total. The van der Waals surface area contributed by atoms with Crippen LogP contribution >= 0.6 is 11.3 Å². The molecule has 1 aliphatic rings. The number of aromatic nitrogens is 3. The summed E-state index contributed by atoms with van der Waals surface area (Å²) in [7, 11) is 0. The van der Waals surface area contributed by atoms with Crippen molar-refractivity contribution in [3.05, 3.63) is 59.4 Å². The number of para-hydroxylation sites is 1. The number of rotatable bonds is 5. The van der Waals surface area contributed by atoms with Crippen LogP contribution in [-0.4, -0.2) is 38.7 Å². The largest absolute Gasteiger partial charge is 0.298 e. The van der Waals surface area contributed by atoms with Crippen LogP contribution in [0.25, 0.3) is 5.69 Å². The van der Waals surface area contributed by atoms with Crippen LogP contribution in [0.2, 0.25) is 0 Å². The highest BCUT2D eigenvalue weighted by atomic mass is 32.1. The van der Waals surface area contributed by atoms with E-state index in [4.69, 9.17) is 0 Å². The first-order valence-corrected chi connectivity index (χ1v) is 10.1. The van der Waals surface area contributed by atoms with Gasteiger partial charge in [-0.3, -0.25) is 15.0 Å². The number of thiazole rings is 1. The first kappa shape index (κ1) is 17.9. The average Bonchev–Trinajstić information content (AvgIpc) is 3.34. The van der Waals surface area contributed by atoms with E-state index < -0.39 is 0 Å².